The van der Waals surface area contributed by atoms with Crippen molar-refractivity contribution in [3.8, 4) is 0 Å². The van der Waals surface area contributed by atoms with Crippen LogP contribution in [0.4, 0.5) is 23.7 Å². The summed E-state index contributed by atoms with van der Waals surface area (Å²) in [6.45, 7) is 5.93. The van der Waals surface area contributed by atoms with Crippen LogP contribution in [-0.2, 0) is 20.5 Å². The fourth-order valence-corrected chi connectivity index (χ4v) is 7.54. The lowest BCUT2D eigenvalue weighted by Crippen LogP contribution is -2.61. The molecule has 1 aliphatic heterocycles. The van der Waals surface area contributed by atoms with E-state index in [1.165, 1.54) is 19.1 Å². The van der Waals surface area contributed by atoms with Crippen LogP contribution in [0.15, 0.2) is 24.3 Å². The van der Waals surface area contributed by atoms with Crippen molar-refractivity contribution in [1.82, 2.24) is 10.2 Å². The summed E-state index contributed by atoms with van der Waals surface area (Å²) in [4.78, 5) is 39.2. The summed E-state index contributed by atoms with van der Waals surface area (Å²) < 4.78 is 45.0. The minimum atomic E-state index is -4.56. The number of ether oxygens (including phenoxy) is 1. The van der Waals surface area contributed by atoms with E-state index in [0.29, 0.717) is 45.2 Å². The summed E-state index contributed by atoms with van der Waals surface area (Å²) >= 11 is 0. The minimum Gasteiger partial charge on any atom is -0.445 e. The summed E-state index contributed by atoms with van der Waals surface area (Å²) in [5.74, 6) is -0.798. The van der Waals surface area contributed by atoms with Gasteiger partial charge in [0.1, 0.15) is 6.10 Å². The molecular weight excluding hydrogens is 543 g/mol. The number of aliphatic hydroxyl groups is 2. The van der Waals surface area contributed by atoms with Crippen LogP contribution in [0.1, 0.15) is 64.9 Å². The van der Waals surface area contributed by atoms with Gasteiger partial charge in [0.15, 0.2) is 0 Å². The molecule has 9 nitrogen and oxygen atoms in total. The van der Waals surface area contributed by atoms with Crippen molar-refractivity contribution in [2.45, 2.75) is 83.7 Å². The number of hydrogen-bond donors (Lipinski definition) is 4. The zero-order valence-electron chi connectivity index (χ0n) is 23.7. The van der Waals surface area contributed by atoms with Crippen molar-refractivity contribution in [2.24, 2.45) is 22.7 Å². The van der Waals surface area contributed by atoms with Crippen LogP contribution in [0.2, 0.25) is 0 Å². The number of alkyl halides is 3. The largest absolute Gasteiger partial charge is 0.445 e. The molecule has 3 aliphatic rings. The van der Waals surface area contributed by atoms with Crippen LogP contribution in [0.5, 0.6) is 0 Å². The topological polar surface area (TPSA) is 128 Å². The Balaban J connectivity index is 1.46. The van der Waals surface area contributed by atoms with Gasteiger partial charge in [0.05, 0.1) is 18.3 Å². The van der Waals surface area contributed by atoms with Crippen molar-refractivity contribution in [2.75, 3.05) is 25.0 Å². The van der Waals surface area contributed by atoms with E-state index in [0.717, 1.165) is 12.1 Å². The number of likely N-dealkylation sites (tertiary alicyclic amines) is 1. The second-order valence-corrected chi connectivity index (χ2v) is 12.3. The predicted molar refractivity (Wildman–Crippen MR) is 144 cm³/mol. The number of rotatable bonds is 6. The second-order valence-electron chi connectivity index (χ2n) is 12.3. The molecular formula is C29H40F3N3O6. The summed E-state index contributed by atoms with van der Waals surface area (Å²) in [5, 5.41) is 26.9. The molecule has 1 aromatic carbocycles. The Hall–Kier alpha value is -2.86. The number of aliphatic hydroxyl groups excluding tert-OH is 2. The van der Waals surface area contributed by atoms with E-state index in [-0.39, 0.29) is 48.4 Å². The highest BCUT2D eigenvalue weighted by Crippen LogP contribution is 2.61. The van der Waals surface area contributed by atoms with Gasteiger partial charge < -0.3 is 25.2 Å². The quantitative estimate of drug-likeness (QED) is 0.402. The zero-order valence-corrected chi connectivity index (χ0v) is 23.7. The molecule has 0 radical (unpaired) electrons. The molecule has 41 heavy (non-hydrogen) atoms. The van der Waals surface area contributed by atoms with Crippen LogP contribution in [0.3, 0.4) is 0 Å². The average Bonchev–Trinajstić information content (AvgIpc) is 3.35. The smallest absolute Gasteiger partial charge is 0.416 e. The predicted octanol–water partition coefficient (Wildman–Crippen LogP) is 3.94. The van der Waals surface area contributed by atoms with E-state index in [1.54, 1.807) is 4.90 Å². The Morgan fingerprint density at radius 3 is 2.54 bits per heavy atom. The molecule has 2 saturated carbocycles. The van der Waals surface area contributed by atoms with Gasteiger partial charge in [0, 0.05) is 43.6 Å². The average molecular weight is 584 g/mol. The van der Waals surface area contributed by atoms with Crippen molar-refractivity contribution in [3.05, 3.63) is 29.8 Å². The maximum absolute atomic E-state index is 13.3. The molecule has 1 heterocycles. The molecule has 1 unspecified atom stereocenters. The Kier molecular flexibility index (Phi) is 8.94. The highest BCUT2D eigenvalue weighted by Gasteiger charge is 2.60. The highest BCUT2D eigenvalue weighted by molar-refractivity contribution is 5.85. The third-order valence-corrected chi connectivity index (χ3v) is 9.70. The Morgan fingerprint density at radius 1 is 1.15 bits per heavy atom. The van der Waals surface area contributed by atoms with Crippen molar-refractivity contribution in [3.63, 3.8) is 0 Å². The standard InChI is InChI=1S/C29H40F3N3O6/c1-17(37)33-20-10-12-35(15-20)25(39)14-21-22(38)7-8-23-27(21,2)11-9-24(28(23,3)16-36)41-26(40)34-19-6-4-5-18(13-19)29(30,31)32/h4-6,13,20-24,36,38H,7-12,14-16H2,1-3H3,(H,33,37)(H,34,40)/t20-,21+,22+,23?,24+,27-,28-/m0/s1. The van der Waals surface area contributed by atoms with Crippen molar-refractivity contribution in [1.29, 1.82) is 0 Å². The number of halogens is 3. The number of carbonyl (C=O) groups is 3. The van der Waals surface area contributed by atoms with E-state index in [4.69, 9.17) is 4.74 Å². The third kappa shape index (κ3) is 6.48. The molecule has 228 valence electrons. The Bertz CT molecular complexity index is 1150. The molecule has 0 aromatic heterocycles. The number of nitrogens with zero attached hydrogens (tertiary/aromatic N) is 1. The molecule has 0 bridgehead atoms. The van der Waals surface area contributed by atoms with Crippen LogP contribution >= 0.6 is 0 Å². The van der Waals surface area contributed by atoms with Gasteiger partial charge >= 0.3 is 12.3 Å². The number of anilines is 1. The molecule has 7 atom stereocenters. The van der Waals surface area contributed by atoms with Gasteiger partial charge in [0.25, 0.3) is 0 Å². The summed E-state index contributed by atoms with van der Waals surface area (Å²) in [7, 11) is 0. The number of fused-ring (bicyclic) bond motifs is 1. The first-order valence-corrected chi connectivity index (χ1v) is 14.2. The minimum absolute atomic E-state index is 0.0572. The van der Waals surface area contributed by atoms with Gasteiger partial charge in [-0.3, -0.25) is 14.9 Å². The Morgan fingerprint density at radius 2 is 1.88 bits per heavy atom. The number of hydrogen-bond acceptors (Lipinski definition) is 6. The SMILES string of the molecule is CC(=O)N[C@H]1CCN(C(=O)C[C@@H]2[C@H](O)CCC3[C@](C)(CO)[C@H](OC(=O)Nc4cccc(C(F)(F)F)c4)CC[C@]32C)C1. The first kappa shape index (κ1) is 31.1. The molecule has 1 saturated heterocycles. The molecule has 4 N–H and O–H groups in total. The van der Waals surface area contributed by atoms with Crippen LogP contribution in [0, 0.1) is 22.7 Å². The first-order valence-electron chi connectivity index (χ1n) is 14.2. The third-order valence-electron chi connectivity index (χ3n) is 9.70. The van der Waals surface area contributed by atoms with Gasteiger partial charge in [0.2, 0.25) is 11.8 Å². The summed E-state index contributed by atoms with van der Waals surface area (Å²) in [6.07, 6.45) is -4.25. The van der Waals surface area contributed by atoms with Crippen molar-refractivity contribution >= 4 is 23.6 Å². The molecule has 2 aliphatic carbocycles. The normalized spacial score (nSPS) is 33.6. The lowest BCUT2D eigenvalue weighted by Gasteiger charge is -2.60. The van der Waals surface area contributed by atoms with Crippen molar-refractivity contribution < 1.29 is 42.5 Å². The van der Waals surface area contributed by atoms with E-state index >= 15 is 0 Å². The zero-order chi connectivity index (χ0) is 30.2. The maximum Gasteiger partial charge on any atom is 0.416 e. The van der Waals surface area contributed by atoms with Gasteiger partial charge in [-0.25, -0.2) is 4.79 Å². The van der Waals surface area contributed by atoms with E-state index in [1.807, 2.05) is 13.8 Å². The Labute approximate surface area is 237 Å². The number of amides is 3. The highest BCUT2D eigenvalue weighted by atomic mass is 19.4. The van der Waals surface area contributed by atoms with E-state index < -0.39 is 40.9 Å². The second kappa shape index (κ2) is 11.8. The molecule has 3 amide bonds. The first-order chi connectivity index (χ1) is 19.2. The van der Waals surface area contributed by atoms with Gasteiger partial charge in [-0.05, 0) is 67.6 Å². The number of carbonyl (C=O) groups excluding carboxylic acids is 3. The maximum atomic E-state index is 13.3. The van der Waals surface area contributed by atoms with E-state index in [9.17, 15) is 37.8 Å². The van der Waals surface area contributed by atoms with Crippen LogP contribution in [0.25, 0.3) is 0 Å². The number of benzene rings is 1. The molecule has 1 aromatic rings. The van der Waals surface area contributed by atoms with Crippen LogP contribution in [-0.4, -0.2) is 71.0 Å². The number of nitrogens with one attached hydrogen (secondary N) is 2. The lowest BCUT2D eigenvalue weighted by atomic mass is 9.46. The summed E-state index contributed by atoms with van der Waals surface area (Å²) in [5.41, 5.74) is -2.38. The molecule has 0 spiro atoms. The van der Waals surface area contributed by atoms with E-state index in [2.05, 4.69) is 10.6 Å². The molecule has 4 rings (SSSR count). The molecule has 3 fully saturated rings. The summed E-state index contributed by atoms with van der Waals surface area (Å²) in [6, 6.07) is 4.17. The van der Waals surface area contributed by atoms with Gasteiger partial charge in [-0.15, -0.1) is 0 Å². The molecule has 12 heteroatoms. The lowest BCUT2D eigenvalue weighted by molar-refractivity contribution is -0.186. The fraction of sp³-hybridized carbons (Fsp3) is 0.690. The van der Waals surface area contributed by atoms with Crippen LogP contribution < -0.4 is 10.6 Å². The van der Waals surface area contributed by atoms with Gasteiger partial charge in [-0.1, -0.05) is 19.9 Å². The monoisotopic (exact) mass is 583 g/mol. The fourth-order valence-electron chi connectivity index (χ4n) is 7.54. The van der Waals surface area contributed by atoms with Gasteiger partial charge in [-0.2, -0.15) is 13.2 Å².